The maximum absolute atomic E-state index is 11.4. The van der Waals surface area contributed by atoms with Crippen molar-refractivity contribution < 1.29 is 14.8 Å². The third-order valence-electron chi connectivity index (χ3n) is 3.93. The van der Waals surface area contributed by atoms with Crippen LogP contribution in [0.3, 0.4) is 0 Å². The Kier molecular flexibility index (Phi) is 3.99. The highest BCUT2D eigenvalue weighted by atomic mass is 79.9. The molecule has 108 valence electrons. The number of aliphatic carboxylic acids is 1. The zero-order chi connectivity index (χ0) is 14.9. The van der Waals surface area contributed by atoms with E-state index in [4.69, 9.17) is 0 Å². The van der Waals surface area contributed by atoms with Crippen molar-refractivity contribution in [3.63, 3.8) is 0 Å². The molecule has 20 heavy (non-hydrogen) atoms. The molecule has 0 spiro atoms. The number of nitrogens with one attached hydrogen (secondary N) is 1. The lowest BCUT2D eigenvalue weighted by Gasteiger charge is -2.28. The quantitative estimate of drug-likeness (QED) is 0.646. The molecule has 1 fully saturated rings. The summed E-state index contributed by atoms with van der Waals surface area (Å²) >= 11 is 3.20. The van der Waals surface area contributed by atoms with E-state index < -0.39 is 16.3 Å². The van der Waals surface area contributed by atoms with E-state index in [9.17, 15) is 20.0 Å². The number of carboxylic acids is 1. The summed E-state index contributed by atoms with van der Waals surface area (Å²) in [5.74, 6) is -0.868. The second-order valence-corrected chi connectivity index (χ2v) is 6.15. The third-order valence-corrected chi connectivity index (χ3v) is 4.43. The lowest BCUT2D eigenvalue weighted by Crippen LogP contribution is -2.40. The van der Waals surface area contributed by atoms with Crippen molar-refractivity contribution >= 4 is 33.3 Å². The molecule has 0 aliphatic heterocycles. The smallest absolute Gasteiger partial charge is 0.311 e. The highest BCUT2D eigenvalue weighted by Crippen LogP contribution is 2.41. The van der Waals surface area contributed by atoms with Gasteiger partial charge in [0.1, 0.15) is 5.69 Å². The van der Waals surface area contributed by atoms with Crippen molar-refractivity contribution in [3.8, 4) is 0 Å². The van der Waals surface area contributed by atoms with Crippen LogP contribution in [0.25, 0.3) is 0 Å². The Hall–Kier alpha value is -1.63. The van der Waals surface area contributed by atoms with Crippen molar-refractivity contribution in [2.24, 2.45) is 5.41 Å². The normalized spacial score (nSPS) is 25.4. The maximum Gasteiger partial charge on any atom is 0.311 e. The second kappa shape index (κ2) is 5.40. The standard InChI is InChI=1S/C13H15BrN2O4/c1-13(12(17)18)6-2-3-11(13)15-9-5-4-8(14)7-10(9)16(19)20/h4-5,7,11,15H,2-3,6H2,1H3,(H,17,18). The molecule has 7 heteroatoms. The molecular weight excluding hydrogens is 328 g/mol. The number of halogens is 1. The van der Waals surface area contributed by atoms with Crippen LogP contribution in [0.1, 0.15) is 26.2 Å². The largest absolute Gasteiger partial charge is 0.481 e. The average Bonchev–Trinajstić information content (AvgIpc) is 2.74. The summed E-state index contributed by atoms with van der Waals surface area (Å²) in [5.41, 5.74) is -0.586. The Morgan fingerprint density at radius 1 is 1.60 bits per heavy atom. The van der Waals surface area contributed by atoms with Gasteiger partial charge in [-0.15, -0.1) is 0 Å². The van der Waals surface area contributed by atoms with Crippen molar-refractivity contribution in [2.75, 3.05) is 5.32 Å². The zero-order valence-electron chi connectivity index (χ0n) is 10.9. The van der Waals surface area contributed by atoms with E-state index in [2.05, 4.69) is 21.2 Å². The molecular formula is C13H15BrN2O4. The van der Waals surface area contributed by atoms with Crippen LogP contribution in [0.5, 0.6) is 0 Å². The number of nitro groups is 1. The van der Waals surface area contributed by atoms with Crippen molar-refractivity contribution in [3.05, 3.63) is 32.8 Å². The summed E-state index contributed by atoms with van der Waals surface area (Å²) in [6.45, 7) is 1.69. The predicted octanol–water partition coefficient (Wildman–Crippen LogP) is 3.41. The Morgan fingerprint density at radius 2 is 2.30 bits per heavy atom. The Balaban J connectivity index is 2.31. The van der Waals surface area contributed by atoms with E-state index in [0.717, 1.165) is 6.42 Å². The average molecular weight is 343 g/mol. The first-order chi connectivity index (χ1) is 9.34. The highest BCUT2D eigenvalue weighted by Gasteiger charge is 2.45. The number of benzene rings is 1. The van der Waals surface area contributed by atoms with Crippen LogP contribution in [0.4, 0.5) is 11.4 Å². The van der Waals surface area contributed by atoms with Crippen LogP contribution in [0.2, 0.25) is 0 Å². The molecule has 2 rings (SSSR count). The molecule has 0 amide bonds. The van der Waals surface area contributed by atoms with Crippen LogP contribution in [-0.4, -0.2) is 22.0 Å². The highest BCUT2D eigenvalue weighted by molar-refractivity contribution is 9.10. The van der Waals surface area contributed by atoms with E-state index in [1.807, 2.05) is 0 Å². The number of nitrogens with zero attached hydrogens (tertiary/aromatic N) is 1. The number of anilines is 1. The maximum atomic E-state index is 11.4. The Labute approximate surface area is 124 Å². The van der Waals surface area contributed by atoms with Gasteiger partial charge in [0.15, 0.2) is 0 Å². The minimum Gasteiger partial charge on any atom is -0.481 e. The molecule has 1 saturated carbocycles. The van der Waals surface area contributed by atoms with Crippen LogP contribution < -0.4 is 5.32 Å². The van der Waals surface area contributed by atoms with Gasteiger partial charge in [-0.3, -0.25) is 14.9 Å². The Morgan fingerprint density at radius 3 is 2.90 bits per heavy atom. The summed E-state index contributed by atoms with van der Waals surface area (Å²) < 4.78 is 0.613. The van der Waals surface area contributed by atoms with Gasteiger partial charge in [0.05, 0.1) is 10.3 Å². The van der Waals surface area contributed by atoms with E-state index in [0.29, 0.717) is 23.0 Å². The SMILES string of the molecule is CC1(C(=O)O)CCCC1Nc1ccc(Br)cc1[N+](=O)[O-]. The molecule has 1 aliphatic rings. The fourth-order valence-electron chi connectivity index (χ4n) is 2.62. The number of hydrogen-bond donors (Lipinski definition) is 2. The van der Waals surface area contributed by atoms with E-state index in [1.54, 1.807) is 19.1 Å². The zero-order valence-corrected chi connectivity index (χ0v) is 12.5. The van der Waals surface area contributed by atoms with Gasteiger partial charge in [-0.25, -0.2) is 0 Å². The van der Waals surface area contributed by atoms with Gasteiger partial charge in [0.25, 0.3) is 5.69 Å². The van der Waals surface area contributed by atoms with Gasteiger partial charge in [-0.1, -0.05) is 22.4 Å². The van der Waals surface area contributed by atoms with E-state index in [1.165, 1.54) is 6.07 Å². The summed E-state index contributed by atoms with van der Waals surface area (Å²) in [7, 11) is 0. The minimum atomic E-state index is -0.888. The molecule has 2 atom stereocenters. The van der Waals surface area contributed by atoms with Gasteiger partial charge in [-0.05, 0) is 31.9 Å². The van der Waals surface area contributed by atoms with Gasteiger partial charge < -0.3 is 10.4 Å². The molecule has 0 bridgehead atoms. The monoisotopic (exact) mass is 342 g/mol. The lowest BCUT2D eigenvalue weighted by molar-refractivity contribution is -0.384. The number of carbonyl (C=O) groups is 1. The molecule has 6 nitrogen and oxygen atoms in total. The van der Waals surface area contributed by atoms with Gasteiger partial charge in [-0.2, -0.15) is 0 Å². The molecule has 2 N–H and O–H groups in total. The minimum absolute atomic E-state index is 0.0565. The summed E-state index contributed by atoms with van der Waals surface area (Å²) in [6.07, 6.45) is 2.06. The van der Waals surface area contributed by atoms with Crippen LogP contribution in [0.15, 0.2) is 22.7 Å². The fraction of sp³-hybridized carbons (Fsp3) is 0.462. The lowest BCUT2D eigenvalue weighted by atomic mass is 9.85. The molecule has 0 heterocycles. The summed E-state index contributed by atoms with van der Waals surface area (Å²) in [6, 6.07) is 4.40. The molecule has 0 saturated heterocycles. The molecule has 1 aromatic carbocycles. The van der Waals surface area contributed by atoms with E-state index >= 15 is 0 Å². The topological polar surface area (TPSA) is 92.5 Å². The predicted molar refractivity (Wildman–Crippen MR) is 77.8 cm³/mol. The number of carboxylic acid groups (broad SMARTS) is 1. The number of nitro benzene ring substituents is 1. The van der Waals surface area contributed by atoms with Crippen molar-refractivity contribution in [2.45, 2.75) is 32.2 Å². The molecule has 0 radical (unpaired) electrons. The Bertz CT molecular complexity index is 563. The second-order valence-electron chi connectivity index (χ2n) is 5.23. The van der Waals surface area contributed by atoms with Gasteiger partial charge in [0.2, 0.25) is 0 Å². The molecule has 0 aromatic heterocycles. The molecule has 1 aliphatic carbocycles. The first-order valence-electron chi connectivity index (χ1n) is 6.28. The molecule has 2 unspecified atom stereocenters. The van der Waals surface area contributed by atoms with Crippen LogP contribution in [0, 0.1) is 15.5 Å². The van der Waals surface area contributed by atoms with Crippen molar-refractivity contribution in [1.29, 1.82) is 0 Å². The van der Waals surface area contributed by atoms with Gasteiger partial charge >= 0.3 is 5.97 Å². The van der Waals surface area contributed by atoms with Crippen molar-refractivity contribution in [1.82, 2.24) is 0 Å². The van der Waals surface area contributed by atoms with E-state index in [-0.39, 0.29) is 11.7 Å². The molecule has 1 aromatic rings. The summed E-state index contributed by atoms with van der Waals surface area (Å²) in [4.78, 5) is 22.0. The first-order valence-corrected chi connectivity index (χ1v) is 7.08. The van der Waals surface area contributed by atoms with Crippen LogP contribution in [-0.2, 0) is 4.79 Å². The summed E-state index contributed by atoms with van der Waals surface area (Å²) in [5, 5.41) is 23.5. The number of hydrogen-bond acceptors (Lipinski definition) is 4. The third kappa shape index (κ3) is 2.63. The number of rotatable bonds is 4. The van der Waals surface area contributed by atoms with Crippen LogP contribution >= 0.6 is 15.9 Å². The fourth-order valence-corrected chi connectivity index (χ4v) is 2.97. The van der Waals surface area contributed by atoms with Gasteiger partial charge in [0, 0.05) is 16.6 Å². The first kappa shape index (κ1) is 14.8.